The summed E-state index contributed by atoms with van der Waals surface area (Å²) in [6, 6.07) is 9.84. The van der Waals surface area contributed by atoms with E-state index in [-0.39, 0.29) is 24.0 Å². The Morgan fingerprint density at radius 1 is 1.18 bits per heavy atom. The molecule has 3 N–H and O–H groups in total. The maximum Gasteiger partial charge on any atom is 0.191 e. The van der Waals surface area contributed by atoms with Crippen LogP contribution in [0.15, 0.2) is 29.3 Å². The highest BCUT2D eigenvalue weighted by molar-refractivity contribution is 14.0. The van der Waals surface area contributed by atoms with Crippen LogP contribution in [0.2, 0.25) is 0 Å². The first-order valence-corrected chi connectivity index (χ1v) is 10.3. The first-order valence-electron chi connectivity index (χ1n) is 10.3. The zero-order valence-corrected chi connectivity index (χ0v) is 19.6. The second-order valence-corrected chi connectivity index (χ2v) is 7.61. The van der Waals surface area contributed by atoms with E-state index < -0.39 is 0 Å². The van der Waals surface area contributed by atoms with Crippen molar-refractivity contribution in [1.29, 1.82) is 0 Å². The summed E-state index contributed by atoms with van der Waals surface area (Å²) >= 11 is 0. The summed E-state index contributed by atoms with van der Waals surface area (Å²) in [5.74, 6) is 0.899. The van der Waals surface area contributed by atoms with E-state index in [0.29, 0.717) is 12.6 Å². The van der Waals surface area contributed by atoms with Crippen molar-refractivity contribution in [3.05, 3.63) is 29.8 Å². The number of guanidine groups is 1. The third-order valence-corrected chi connectivity index (χ3v) is 5.67. The van der Waals surface area contributed by atoms with Crippen molar-refractivity contribution in [2.24, 2.45) is 4.99 Å². The van der Waals surface area contributed by atoms with Gasteiger partial charge in [-0.3, -0.25) is 9.89 Å². The molecule has 2 fully saturated rings. The molecular weight excluding hydrogens is 465 g/mol. The molecule has 1 aromatic carbocycles. The van der Waals surface area contributed by atoms with Crippen LogP contribution >= 0.6 is 24.0 Å². The molecule has 0 bridgehead atoms. The number of anilines is 1. The van der Waals surface area contributed by atoms with E-state index in [1.807, 2.05) is 7.05 Å². The van der Waals surface area contributed by atoms with Gasteiger partial charge in [-0.2, -0.15) is 0 Å². The molecule has 3 rings (SSSR count). The fourth-order valence-electron chi connectivity index (χ4n) is 4.12. The Bertz CT molecular complexity index is 589. The van der Waals surface area contributed by atoms with Gasteiger partial charge in [0.25, 0.3) is 0 Å². The molecule has 1 atom stereocenters. The fraction of sp³-hybridized carbons (Fsp3) is 0.667. The maximum atomic E-state index is 5.06. The second-order valence-electron chi connectivity index (χ2n) is 7.61. The Kier molecular flexibility index (Phi) is 10.4. The van der Waals surface area contributed by atoms with E-state index in [0.717, 1.165) is 37.3 Å². The number of nitrogens with one attached hydrogen (secondary N) is 3. The molecule has 1 unspecified atom stereocenters. The Morgan fingerprint density at radius 2 is 1.93 bits per heavy atom. The molecule has 6 nitrogen and oxygen atoms in total. The van der Waals surface area contributed by atoms with Crippen LogP contribution in [0.3, 0.4) is 0 Å². The van der Waals surface area contributed by atoms with E-state index in [9.17, 15) is 0 Å². The number of nitrogens with zero attached hydrogens (tertiary/aromatic N) is 2. The normalized spacial score (nSPS) is 20.8. The van der Waals surface area contributed by atoms with Crippen LogP contribution in [-0.4, -0.2) is 63.3 Å². The lowest BCUT2D eigenvalue weighted by Gasteiger charge is -2.24. The van der Waals surface area contributed by atoms with Gasteiger partial charge < -0.3 is 20.7 Å². The zero-order chi connectivity index (χ0) is 18.9. The third kappa shape index (κ3) is 7.08. The van der Waals surface area contributed by atoms with Crippen LogP contribution in [0.4, 0.5) is 5.69 Å². The first kappa shape index (κ1) is 23.2. The predicted molar refractivity (Wildman–Crippen MR) is 128 cm³/mol. The minimum atomic E-state index is 0. The smallest absolute Gasteiger partial charge is 0.191 e. The number of aliphatic imine (C=N–C) groups is 1. The van der Waals surface area contributed by atoms with Gasteiger partial charge in [0, 0.05) is 58.1 Å². The van der Waals surface area contributed by atoms with Crippen molar-refractivity contribution in [1.82, 2.24) is 15.5 Å². The molecule has 1 aliphatic carbocycles. The average Bonchev–Trinajstić information content (AvgIpc) is 3.38. The van der Waals surface area contributed by atoms with Gasteiger partial charge in [0.1, 0.15) is 0 Å². The van der Waals surface area contributed by atoms with Gasteiger partial charge in [0.15, 0.2) is 5.96 Å². The molecule has 0 spiro atoms. The van der Waals surface area contributed by atoms with Crippen LogP contribution in [-0.2, 0) is 11.3 Å². The highest BCUT2D eigenvalue weighted by Gasteiger charge is 2.30. The van der Waals surface area contributed by atoms with Crippen molar-refractivity contribution >= 4 is 35.6 Å². The fourth-order valence-corrected chi connectivity index (χ4v) is 4.12. The van der Waals surface area contributed by atoms with Crippen LogP contribution < -0.4 is 16.0 Å². The van der Waals surface area contributed by atoms with Crippen molar-refractivity contribution in [3.63, 3.8) is 0 Å². The SMILES string of the molecule is CN=C(NCc1ccc(NCCOC)cc1)NC1CCN(C2CCCC2)C1.I. The van der Waals surface area contributed by atoms with Crippen molar-refractivity contribution in [2.75, 3.05) is 45.7 Å². The monoisotopic (exact) mass is 501 g/mol. The third-order valence-electron chi connectivity index (χ3n) is 5.67. The highest BCUT2D eigenvalue weighted by Crippen LogP contribution is 2.26. The van der Waals surface area contributed by atoms with E-state index in [1.165, 1.54) is 44.2 Å². The number of ether oxygens (including phenoxy) is 1. The van der Waals surface area contributed by atoms with Crippen molar-refractivity contribution in [3.8, 4) is 0 Å². The number of rotatable bonds is 8. The highest BCUT2D eigenvalue weighted by atomic mass is 127. The lowest BCUT2D eigenvalue weighted by molar-refractivity contribution is 0.211. The van der Waals surface area contributed by atoms with E-state index in [1.54, 1.807) is 7.11 Å². The standard InChI is InChI=1S/C21H35N5O.HI/c1-22-21(25-19-11-13-26(16-19)20-5-3-4-6-20)24-15-17-7-9-18(10-8-17)23-12-14-27-2;/h7-10,19-20,23H,3-6,11-16H2,1-2H3,(H2,22,24,25);1H. The number of methoxy groups -OCH3 is 1. The van der Waals surface area contributed by atoms with Gasteiger partial charge in [-0.25, -0.2) is 0 Å². The molecule has 1 saturated carbocycles. The van der Waals surface area contributed by atoms with Crippen LogP contribution in [0.5, 0.6) is 0 Å². The van der Waals surface area contributed by atoms with E-state index >= 15 is 0 Å². The zero-order valence-electron chi connectivity index (χ0n) is 17.2. The van der Waals surface area contributed by atoms with Gasteiger partial charge in [-0.05, 0) is 37.0 Å². The molecule has 28 heavy (non-hydrogen) atoms. The van der Waals surface area contributed by atoms with Crippen molar-refractivity contribution < 1.29 is 4.74 Å². The number of hydrogen-bond acceptors (Lipinski definition) is 4. The number of hydrogen-bond donors (Lipinski definition) is 3. The molecule has 0 aromatic heterocycles. The van der Waals surface area contributed by atoms with Gasteiger partial charge >= 0.3 is 0 Å². The second kappa shape index (κ2) is 12.5. The number of benzene rings is 1. The number of halogens is 1. The Balaban J connectivity index is 0.00000280. The van der Waals surface area contributed by atoms with E-state index in [2.05, 4.69) is 50.1 Å². The first-order chi connectivity index (χ1) is 13.3. The minimum absolute atomic E-state index is 0. The summed E-state index contributed by atoms with van der Waals surface area (Å²) in [7, 11) is 3.57. The molecule has 0 radical (unpaired) electrons. The lowest BCUT2D eigenvalue weighted by atomic mass is 10.2. The maximum absolute atomic E-state index is 5.06. The summed E-state index contributed by atoms with van der Waals surface area (Å²) in [6.45, 7) is 4.68. The summed E-state index contributed by atoms with van der Waals surface area (Å²) in [5, 5.41) is 10.4. The van der Waals surface area contributed by atoms with Crippen molar-refractivity contribution in [2.45, 2.75) is 50.7 Å². The quantitative estimate of drug-likeness (QED) is 0.221. The largest absolute Gasteiger partial charge is 0.383 e. The minimum Gasteiger partial charge on any atom is -0.383 e. The topological polar surface area (TPSA) is 60.9 Å². The molecule has 7 heteroatoms. The average molecular weight is 501 g/mol. The summed E-state index contributed by atoms with van der Waals surface area (Å²) < 4.78 is 5.06. The molecule has 1 saturated heterocycles. The summed E-state index contributed by atoms with van der Waals surface area (Å²) in [5.41, 5.74) is 2.37. The molecule has 158 valence electrons. The molecule has 1 heterocycles. The summed E-state index contributed by atoms with van der Waals surface area (Å²) in [4.78, 5) is 7.08. The van der Waals surface area contributed by atoms with Gasteiger partial charge in [-0.15, -0.1) is 24.0 Å². The molecular formula is C21H36IN5O. The van der Waals surface area contributed by atoms with Crippen LogP contribution in [0, 0.1) is 0 Å². The predicted octanol–water partition coefficient (Wildman–Crippen LogP) is 3.04. The number of likely N-dealkylation sites (tertiary alicyclic amines) is 1. The van der Waals surface area contributed by atoms with Crippen LogP contribution in [0.1, 0.15) is 37.7 Å². The molecule has 1 aromatic rings. The Hall–Kier alpha value is -1.06. The van der Waals surface area contributed by atoms with E-state index in [4.69, 9.17) is 4.74 Å². The molecule has 2 aliphatic rings. The molecule has 1 aliphatic heterocycles. The lowest BCUT2D eigenvalue weighted by Crippen LogP contribution is -2.45. The Morgan fingerprint density at radius 3 is 2.61 bits per heavy atom. The Labute approximate surface area is 186 Å². The molecule has 0 amide bonds. The van der Waals surface area contributed by atoms with Gasteiger partial charge in [0.05, 0.1) is 6.61 Å². The van der Waals surface area contributed by atoms with Gasteiger partial charge in [0.2, 0.25) is 0 Å². The van der Waals surface area contributed by atoms with Crippen LogP contribution in [0.25, 0.3) is 0 Å². The summed E-state index contributed by atoms with van der Waals surface area (Å²) in [6.07, 6.45) is 6.79. The van der Waals surface area contributed by atoms with Gasteiger partial charge in [-0.1, -0.05) is 25.0 Å².